The molecule has 304 valence electrons. The lowest BCUT2D eigenvalue weighted by atomic mass is 9.91. The maximum absolute atomic E-state index is 5.37. The van der Waals surface area contributed by atoms with Gasteiger partial charge in [-0.1, -0.05) is 200 Å². The fraction of sp³-hybridized carbons (Fsp3) is 0.0690. The van der Waals surface area contributed by atoms with E-state index in [9.17, 15) is 0 Å². The van der Waals surface area contributed by atoms with Gasteiger partial charge in [-0.3, -0.25) is 4.57 Å². The first kappa shape index (κ1) is 37.5. The second-order valence-electron chi connectivity index (χ2n) is 16.5. The number of anilines is 1. The first-order chi connectivity index (χ1) is 31.7. The molecule has 0 bridgehead atoms. The summed E-state index contributed by atoms with van der Waals surface area (Å²) in [6.07, 6.45) is 9.96. The van der Waals surface area contributed by atoms with Crippen LogP contribution in [0.4, 0.5) is 5.69 Å². The predicted octanol–water partition coefficient (Wildman–Crippen LogP) is 13.3. The molecule has 0 radical (unpaired) electrons. The lowest BCUT2D eigenvalue weighted by Crippen LogP contribution is -2.34. The number of fused-ring (bicyclic) bond motifs is 7. The molecule has 0 fully saturated rings. The molecule has 1 aliphatic heterocycles. The highest BCUT2D eigenvalue weighted by Gasteiger charge is 2.39. The van der Waals surface area contributed by atoms with E-state index in [0.717, 1.165) is 68.6 Å². The van der Waals surface area contributed by atoms with Crippen LogP contribution in [0.5, 0.6) is 0 Å². The second-order valence-corrected chi connectivity index (χ2v) is 16.5. The number of nitrogens with zero attached hydrogens (tertiary/aromatic N) is 6. The van der Waals surface area contributed by atoms with E-state index in [-0.39, 0.29) is 12.0 Å². The molecular formula is C58H42N6. The van der Waals surface area contributed by atoms with Crippen LogP contribution in [0.3, 0.4) is 0 Å². The zero-order valence-electron chi connectivity index (χ0n) is 35.0. The Labute approximate surface area is 372 Å². The number of hydrogen-bond donors (Lipinski definition) is 0. The van der Waals surface area contributed by atoms with Gasteiger partial charge in [0.2, 0.25) is 5.95 Å². The van der Waals surface area contributed by atoms with Crippen molar-refractivity contribution in [1.82, 2.24) is 24.5 Å². The highest BCUT2D eigenvalue weighted by molar-refractivity contribution is 6.14. The van der Waals surface area contributed by atoms with E-state index in [2.05, 4.69) is 198 Å². The van der Waals surface area contributed by atoms with Crippen molar-refractivity contribution in [3.63, 3.8) is 0 Å². The summed E-state index contributed by atoms with van der Waals surface area (Å²) >= 11 is 0. The van der Waals surface area contributed by atoms with E-state index in [4.69, 9.17) is 19.9 Å². The van der Waals surface area contributed by atoms with Crippen molar-refractivity contribution in [3.05, 3.63) is 230 Å². The van der Waals surface area contributed by atoms with Gasteiger partial charge in [-0.15, -0.1) is 0 Å². The van der Waals surface area contributed by atoms with Crippen molar-refractivity contribution in [2.75, 3.05) is 11.4 Å². The summed E-state index contributed by atoms with van der Waals surface area (Å²) in [5.74, 6) is 2.04. The minimum Gasteiger partial charge on any atom is -0.362 e. The van der Waals surface area contributed by atoms with E-state index in [1.807, 2.05) is 30.3 Å². The average molecular weight is 823 g/mol. The van der Waals surface area contributed by atoms with E-state index in [0.29, 0.717) is 17.6 Å². The molecule has 10 aromatic rings. The van der Waals surface area contributed by atoms with Gasteiger partial charge in [-0.2, -0.15) is 9.97 Å². The van der Waals surface area contributed by atoms with E-state index >= 15 is 0 Å². The van der Waals surface area contributed by atoms with Crippen LogP contribution in [0.25, 0.3) is 84.2 Å². The summed E-state index contributed by atoms with van der Waals surface area (Å²) in [4.78, 5) is 23.7. The molecule has 2 unspecified atom stereocenters. The molecule has 0 amide bonds. The van der Waals surface area contributed by atoms with Crippen molar-refractivity contribution < 1.29 is 0 Å². The molecule has 2 aliphatic rings. The topological polar surface area (TPSA) is 59.7 Å². The Kier molecular flexibility index (Phi) is 9.33. The standard InChI is InChI=1S/C58H42N6/c1-4-17-39(18-5-1)40-31-33-44(34-32-40)57-60-56(43-22-8-3-9-23-43)61-58(62-57)64-53-30-15-13-26-47(53)49-36-35-48-46-25-12-14-29-52(46)63(54(48)55(49)64)38-37-41-19-10-11-24-45(41)51-28-16-27-50(59-51)42-20-6-2-7-21-42/h1-36,46,52H,37-38H2. The Bertz CT molecular complexity index is 3390. The fourth-order valence-electron chi connectivity index (χ4n) is 9.76. The Hall–Kier alpha value is -8.22. The van der Waals surface area contributed by atoms with Gasteiger partial charge in [0.25, 0.3) is 0 Å². The highest BCUT2D eigenvalue weighted by atomic mass is 15.2. The van der Waals surface area contributed by atoms with Crippen molar-refractivity contribution in [1.29, 1.82) is 0 Å². The largest absolute Gasteiger partial charge is 0.362 e. The van der Waals surface area contributed by atoms with Crippen molar-refractivity contribution in [3.8, 4) is 62.4 Å². The van der Waals surface area contributed by atoms with E-state index < -0.39 is 0 Å². The Balaban J connectivity index is 1.01. The van der Waals surface area contributed by atoms with Gasteiger partial charge in [0.15, 0.2) is 11.6 Å². The van der Waals surface area contributed by atoms with Crippen LogP contribution in [0, 0.1) is 0 Å². The molecule has 0 saturated heterocycles. The SMILES string of the molecule is C1=CC2c3ccc4c5ccccc5n(-c5nc(-c6ccccc6)nc(-c6ccc(-c7ccccc7)cc6)n5)c4c3N(CCc3ccccc3-c3cccc(-c4ccccc4)n3)C2C=C1. The normalized spacial score (nSPS) is 15.2. The lowest BCUT2D eigenvalue weighted by molar-refractivity contribution is 0.670. The van der Waals surface area contributed by atoms with E-state index in [1.165, 1.54) is 27.8 Å². The number of allylic oxidation sites excluding steroid dienone is 2. The molecule has 7 aromatic carbocycles. The molecule has 64 heavy (non-hydrogen) atoms. The fourth-order valence-corrected chi connectivity index (χ4v) is 9.76. The minimum atomic E-state index is 0.153. The number of para-hydroxylation sites is 1. The van der Waals surface area contributed by atoms with Crippen LogP contribution in [0.1, 0.15) is 17.0 Å². The molecular weight excluding hydrogens is 781 g/mol. The van der Waals surface area contributed by atoms with Crippen LogP contribution >= 0.6 is 0 Å². The molecule has 6 heteroatoms. The molecule has 0 saturated carbocycles. The predicted molar refractivity (Wildman–Crippen MR) is 261 cm³/mol. The summed E-state index contributed by atoms with van der Waals surface area (Å²) in [6, 6.07) is 68.2. The van der Waals surface area contributed by atoms with Crippen LogP contribution < -0.4 is 4.90 Å². The van der Waals surface area contributed by atoms with Crippen molar-refractivity contribution in [2.45, 2.75) is 18.4 Å². The van der Waals surface area contributed by atoms with Crippen molar-refractivity contribution in [2.24, 2.45) is 0 Å². The van der Waals surface area contributed by atoms with Gasteiger partial charge in [0.1, 0.15) is 0 Å². The smallest absolute Gasteiger partial charge is 0.238 e. The first-order valence-electron chi connectivity index (χ1n) is 22.0. The third kappa shape index (κ3) is 6.59. The average Bonchev–Trinajstić information content (AvgIpc) is 3.89. The number of pyridine rings is 1. The van der Waals surface area contributed by atoms with Crippen molar-refractivity contribution >= 4 is 27.5 Å². The summed E-state index contributed by atoms with van der Waals surface area (Å²) in [5.41, 5.74) is 14.3. The van der Waals surface area contributed by atoms with Crippen LogP contribution in [-0.2, 0) is 6.42 Å². The molecule has 12 rings (SSSR count). The number of rotatable bonds is 9. The third-order valence-corrected chi connectivity index (χ3v) is 12.8. The Morgan fingerprint density at radius 1 is 0.438 bits per heavy atom. The zero-order valence-corrected chi connectivity index (χ0v) is 35.0. The second kappa shape index (κ2) is 15.9. The summed E-state index contributed by atoms with van der Waals surface area (Å²) in [5, 5.41) is 2.33. The number of aromatic nitrogens is 5. The zero-order chi connectivity index (χ0) is 42.4. The molecule has 4 heterocycles. The summed E-state index contributed by atoms with van der Waals surface area (Å²) < 4.78 is 2.30. The molecule has 0 N–H and O–H groups in total. The van der Waals surface area contributed by atoms with Gasteiger partial charge in [-0.25, -0.2) is 9.97 Å². The third-order valence-electron chi connectivity index (χ3n) is 12.8. The molecule has 6 nitrogen and oxygen atoms in total. The maximum Gasteiger partial charge on any atom is 0.238 e. The number of benzene rings is 7. The van der Waals surface area contributed by atoms with Gasteiger partial charge in [0.05, 0.1) is 34.2 Å². The molecule has 2 atom stereocenters. The summed E-state index contributed by atoms with van der Waals surface area (Å²) in [7, 11) is 0. The molecule has 1 aliphatic carbocycles. The first-order valence-corrected chi connectivity index (χ1v) is 22.0. The van der Waals surface area contributed by atoms with Gasteiger partial charge in [-0.05, 0) is 46.9 Å². The monoisotopic (exact) mass is 822 g/mol. The van der Waals surface area contributed by atoms with Gasteiger partial charge in [0, 0.05) is 45.5 Å². The van der Waals surface area contributed by atoms with Crippen LogP contribution in [0.2, 0.25) is 0 Å². The Morgan fingerprint density at radius 3 is 1.83 bits per heavy atom. The Morgan fingerprint density at radius 2 is 1.05 bits per heavy atom. The van der Waals surface area contributed by atoms with Gasteiger partial charge >= 0.3 is 0 Å². The summed E-state index contributed by atoms with van der Waals surface area (Å²) in [6.45, 7) is 0.799. The lowest BCUT2D eigenvalue weighted by Gasteiger charge is -2.29. The quantitative estimate of drug-likeness (QED) is 0.145. The van der Waals surface area contributed by atoms with Crippen LogP contribution in [-0.4, -0.2) is 37.1 Å². The van der Waals surface area contributed by atoms with Gasteiger partial charge < -0.3 is 4.90 Å². The van der Waals surface area contributed by atoms with Crippen LogP contribution in [0.15, 0.2) is 218 Å². The number of hydrogen-bond acceptors (Lipinski definition) is 5. The molecule has 3 aromatic heterocycles. The minimum absolute atomic E-state index is 0.153. The molecule has 0 spiro atoms. The van der Waals surface area contributed by atoms with E-state index in [1.54, 1.807) is 0 Å². The highest BCUT2D eigenvalue weighted by Crippen LogP contribution is 2.50. The maximum atomic E-state index is 5.37.